The van der Waals surface area contributed by atoms with Crippen molar-refractivity contribution in [1.82, 2.24) is 0 Å². The van der Waals surface area contributed by atoms with Crippen molar-refractivity contribution in [2.75, 3.05) is 0 Å². The molecule has 0 saturated heterocycles. The molecule has 0 amide bonds. The third-order valence-corrected chi connectivity index (χ3v) is 6.95. The van der Waals surface area contributed by atoms with Gasteiger partial charge in [-0.1, -0.05) is 124 Å². The fourth-order valence-corrected chi connectivity index (χ4v) is 4.64. The lowest BCUT2D eigenvalue weighted by atomic mass is 9.79. The lowest BCUT2D eigenvalue weighted by molar-refractivity contribution is 0.569. The van der Waals surface area contributed by atoms with Crippen molar-refractivity contribution in [2.24, 2.45) is 0 Å². The molecule has 33 heavy (non-hydrogen) atoms. The Bertz CT molecular complexity index is 1050. The van der Waals surface area contributed by atoms with Gasteiger partial charge in [0, 0.05) is 0 Å². The van der Waals surface area contributed by atoms with E-state index in [1.165, 1.54) is 50.1 Å². The quantitative estimate of drug-likeness (QED) is 0.378. The maximum atomic E-state index is 2.40. The minimum atomic E-state index is 0.123. The Kier molecular flexibility index (Phi) is 6.99. The molecule has 0 saturated carbocycles. The highest BCUT2D eigenvalue weighted by molar-refractivity contribution is 5.73. The van der Waals surface area contributed by atoms with Gasteiger partial charge in [-0.15, -0.1) is 0 Å². The van der Waals surface area contributed by atoms with Crippen molar-refractivity contribution in [2.45, 2.75) is 98.8 Å². The monoisotopic (exact) mass is 440 g/mol. The van der Waals surface area contributed by atoms with Crippen LogP contribution in [0.4, 0.5) is 0 Å². The second-order valence-corrected chi connectivity index (χ2v) is 12.5. The van der Waals surface area contributed by atoms with Gasteiger partial charge in [0.1, 0.15) is 0 Å². The van der Waals surface area contributed by atoms with E-state index in [1.807, 2.05) is 0 Å². The SMILES string of the molecule is Cc1c(C(C)C)cc(-c2ccc(-c3cc(C(C)(C)C)cc(C(C)(C)C)c3)cc2)cc1C(C)C. The molecule has 0 N–H and O–H groups in total. The predicted molar refractivity (Wildman–Crippen MR) is 148 cm³/mol. The normalized spacial score (nSPS) is 12.6. The Morgan fingerprint density at radius 1 is 0.485 bits per heavy atom. The molecule has 3 aromatic carbocycles. The molecule has 0 nitrogen and oxygen atoms in total. The predicted octanol–water partition coefficient (Wildman–Crippen LogP) is 10.2. The molecule has 3 rings (SSSR count). The van der Waals surface area contributed by atoms with Crippen molar-refractivity contribution in [3.8, 4) is 22.3 Å². The average Bonchev–Trinajstić information content (AvgIpc) is 2.72. The van der Waals surface area contributed by atoms with Crippen LogP contribution in [-0.2, 0) is 10.8 Å². The number of benzene rings is 3. The summed E-state index contributed by atoms with van der Waals surface area (Å²) in [5.41, 5.74) is 12.7. The Labute approximate surface area is 203 Å². The summed E-state index contributed by atoms with van der Waals surface area (Å²) in [7, 11) is 0. The first-order valence-electron chi connectivity index (χ1n) is 12.6. The highest BCUT2D eigenvalue weighted by Crippen LogP contribution is 2.36. The Hall–Kier alpha value is -2.34. The number of hydrogen-bond acceptors (Lipinski definition) is 0. The first kappa shape index (κ1) is 25.3. The van der Waals surface area contributed by atoms with Crippen molar-refractivity contribution in [3.63, 3.8) is 0 Å². The summed E-state index contributed by atoms with van der Waals surface area (Å²) in [4.78, 5) is 0. The van der Waals surface area contributed by atoms with E-state index in [0.717, 1.165) is 0 Å². The maximum absolute atomic E-state index is 2.40. The second-order valence-electron chi connectivity index (χ2n) is 12.5. The van der Waals surface area contributed by atoms with Crippen LogP contribution >= 0.6 is 0 Å². The molecule has 0 bridgehead atoms. The van der Waals surface area contributed by atoms with Crippen LogP contribution in [0.15, 0.2) is 54.6 Å². The van der Waals surface area contributed by atoms with Crippen molar-refractivity contribution < 1.29 is 0 Å². The smallest absolute Gasteiger partial charge is 0.0132 e. The first-order chi connectivity index (χ1) is 15.2. The zero-order valence-electron chi connectivity index (χ0n) is 22.9. The maximum Gasteiger partial charge on any atom is -0.0132 e. The molecule has 0 radical (unpaired) electrons. The zero-order chi connectivity index (χ0) is 24.7. The third kappa shape index (κ3) is 5.60. The van der Waals surface area contributed by atoms with Crippen LogP contribution in [0.1, 0.15) is 109 Å². The van der Waals surface area contributed by atoms with E-state index < -0.39 is 0 Å². The molecular weight excluding hydrogens is 396 g/mol. The largest absolute Gasteiger partial charge is 0.0587 e. The highest BCUT2D eigenvalue weighted by atomic mass is 14.3. The van der Waals surface area contributed by atoms with Gasteiger partial charge in [-0.2, -0.15) is 0 Å². The Morgan fingerprint density at radius 3 is 1.12 bits per heavy atom. The molecule has 0 unspecified atom stereocenters. The molecule has 0 fully saturated rings. The second kappa shape index (κ2) is 9.13. The molecule has 3 aromatic rings. The van der Waals surface area contributed by atoms with Crippen LogP contribution in [-0.4, -0.2) is 0 Å². The van der Waals surface area contributed by atoms with Gasteiger partial charge in [0.15, 0.2) is 0 Å². The molecule has 0 aliphatic rings. The van der Waals surface area contributed by atoms with E-state index in [1.54, 1.807) is 0 Å². The molecular formula is C33H44. The highest BCUT2D eigenvalue weighted by Gasteiger charge is 2.21. The number of rotatable bonds is 4. The van der Waals surface area contributed by atoms with E-state index in [9.17, 15) is 0 Å². The standard InChI is InChI=1S/C33H44/c1-21(2)30-18-27(19-31(22(3)4)23(30)5)25-14-12-24(13-15-25)26-16-28(32(6,7)8)20-29(17-26)33(9,10)11/h12-22H,1-11H3. The van der Waals surface area contributed by atoms with Crippen molar-refractivity contribution in [3.05, 3.63) is 82.4 Å². The average molecular weight is 441 g/mol. The molecule has 0 spiro atoms. The lowest BCUT2D eigenvalue weighted by Crippen LogP contribution is -2.16. The van der Waals surface area contributed by atoms with Crippen molar-refractivity contribution in [1.29, 1.82) is 0 Å². The lowest BCUT2D eigenvalue weighted by Gasteiger charge is -2.26. The minimum absolute atomic E-state index is 0.123. The van der Waals surface area contributed by atoms with E-state index in [2.05, 4.69) is 131 Å². The summed E-state index contributed by atoms with van der Waals surface area (Å²) in [6, 6.07) is 21.2. The summed E-state index contributed by atoms with van der Waals surface area (Å²) in [6.45, 7) is 25.3. The van der Waals surface area contributed by atoms with Gasteiger partial charge in [-0.3, -0.25) is 0 Å². The fourth-order valence-electron chi connectivity index (χ4n) is 4.64. The van der Waals surface area contributed by atoms with Gasteiger partial charge in [-0.05, 0) is 79.7 Å². The topological polar surface area (TPSA) is 0 Å². The van der Waals surface area contributed by atoms with Gasteiger partial charge in [0.2, 0.25) is 0 Å². The molecule has 0 atom stereocenters. The summed E-state index contributed by atoms with van der Waals surface area (Å²) in [6.07, 6.45) is 0. The van der Waals surface area contributed by atoms with Gasteiger partial charge >= 0.3 is 0 Å². The van der Waals surface area contributed by atoms with Gasteiger partial charge in [0.25, 0.3) is 0 Å². The van der Waals surface area contributed by atoms with Gasteiger partial charge < -0.3 is 0 Å². The van der Waals surface area contributed by atoms with E-state index >= 15 is 0 Å². The molecule has 0 aromatic heterocycles. The fraction of sp³-hybridized carbons (Fsp3) is 0.455. The molecule has 176 valence electrons. The summed E-state index contributed by atoms with van der Waals surface area (Å²) < 4.78 is 0. The number of hydrogen-bond donors (Lipinski definition) is 0. The summed E-state index contributed by atoms with van der Waals surface area (Å²) in [5.74, 6) is 1.05. The minimum Gasteiger partial charge on any atom is -0.0587 e. The molecule has 0 heteroatoms. The molecule has 0 heterocycles. The van der Waals surface area contributed by atoms with E-state index in [4.69, 9.17) is 0 Å². The Balaban J connectivity index is 2.09. The summed E-state index contributed by atoms with van der Waals surface area (Å²) in [5, 5.41) is 0. The zero-order valence-corrected chi connectivity index (χ0v) is 22.9. The van der Waals surface area contributed by atoms with Crippen LogP contribution in [0.2, 0.25) is 0 Å². The van der Waals surface area contributed by atoms with E-state index in [-0.39, 0.29) is 10.8 Å². The third-order valence-electron chi connectivity index (χ3n) is 6.95. The Morgan fingerprint density at radius 2 is 0.818 bits per heavy atom. The van der Waals surface area contributed by atoms with Gasteiger partial charge in [-0.25, -0.2) is 0 Å². The van der Waals surface area contributed by atoms with Crippen LogP contribution in [0, 0.1) is 6.92 Å². The van der Waals surface area contributed by atoms with Crippen LogP contribution in [0.5, 0.6) is 0 Å². The van der Waals surface area contributed by atoms with Crippen LogP contribution < -0.4 is 0 Å². The summed E-state index contributed by atoms with van der Waals surface area (Å²) >= 11 is 0. The van der Waals surface area contributed by atoms with Crippen LogP contribution in [0.3, 0.4) is 0 Å². The molecule has 0 aliphatic heterocycles. The van der Waals surface area contributed by atoms with Crippen LogP contribution in [0.25, 0.3) is 22.3 Å². The molecule has 0 aliphatic carbocycles. The van der Waals surface area contributed by atoms with Crippen molar-refractivity contribution >= 4 is 0 Å². The van der Waals surface area contributed by atoms with E-state index in [0.29, 0.717) is 11.8 Å². The van der Waals surface area contributed by atoms with Gasteiger partial charge in [0.05, 0.1) is 0 Å². The first-order valence-corrected chi connectivity index (χ1v) is 12.6.